The monoisotopic (exact) mass is 276 g/mol. The highest BCUT2D eigenvalue weighted by atomic mass is 16.5. The van der Waals surface area contributed by atoms with Gasteiger partial charge in [0.15, 0.2) is 11.5 Å². The van der Waals surface area contributed by atoms with Crippen LogP contribution >= 0.6 is 0 Å². The second-order valence-corrected chi connectivity index (χ2v) is 4.16. The van der Waals surface area contributed by atoms with Gasteiger partial charge in [-0.25, -0.2) is 4.79 Å². The Morgan fingerprint density at radius 2 is 2.20 bits per heavy atom. The zero-order valence-corrected chi connectivity index (χ0v) is 11.4. The van der Waals surface area contributed by atoms with Gasteiger partial charge in [-0.15, -0.1) is 0 Å². The molecule has 106 valence electrons. The number of methoxy groups -OCH3 is 1. The predicted octanol–water partition coefficient (Wildman–Crippen LogP) is 2.19. The van der Waals surface area contributed by atoms with E-state index >= 15 is 0 Å². The Balaban J connectivity index is 2.14. The van der Waals surface area contributed by atoms with Gasteiger partial charge in [0.1, 0.15) is 6.61 Å². The second-order valence-electron chi connectivity index (χ2n) is 4.16. The molecule has 0 unspecified atom stereocenters. The summed E-state index contributed by atoms with van der Waals surface area (Å²) in [6.45, 7) is 3.09. The summed E-state index contributed by atoms with van der Waals surface area (Å²) in [6.07, 6.45) is 3.60. The maximum atomic E-state index is 11.0. The number of rotatable bonds is 6. The smallest absolute Gasteiger partial charge is 0.335 e. The second kappa shape index (κ2) is 6.10. The normalized spacial score (nSPS) is 10.3. The van der Waals surface area contributed by atoms with Crippen LogP contribution in [0, 0.1) is 0 Å². The minimum Gasteiger partial charge on any atom is -0.493 e. The molecule has 0 aliphatic rings. The molecule has 2 aromatic rings. The third-order valence-corrected chi connectivity index (χ3v) is 2.82. The Bertz CT molecular complexity index is 607. The molecular weight excluding hydrogens is 260 g/mol. The number of hydrogen-bond acceptors (Lipinski definition) is 4. The number of aromatic carboxylic acids is 1. The summed E-state index contributed by atoms with van der Waals surface area (Å²) >= 11 is 0. The molecule has 0 radical (unpaired) electrons. The van der Waals surface area contributed by atoms with Crippen LogP contribution in [0.2, 0.25) is 0 Å². The van der Waals surface area contributed by atoms with Gasteiger partial charge < -0.3 is 14.6 Å². The fourth-order valence-corrected chi connectivity index (χ4v) is 1.74. The molecule has 1 aromatic carbocycles. The highest BCUT2D eigenvalue weighted by Crippen LogP contribution is 2.28. The largest absolute Gasteiger partial charge is 0.493 e. The van der Waals surface area contributed by atoms with Gasteiger partial charge in [0, 0.05) is 18.3 Å². The lowest BCUT2D eigenvalue weighted by molar-refractivity contribution is 0.0696. The number of aromatic nitrogens is 2. The number of ether oxygens (including phenoxy) is 2. The molecule has 0 aliphatic heterocycles. The fourth-order valence-electron chi connectivity index (χ4n) is 1.74. The molecule has 0 aliphatic carbocycles. The summed E-state index contributed by atoms with van der Waals surface area (Å²) in [5.41, 5.74) is 1.07. The average Bonchev–Trinajstić information content (AvgIpc) is 2.92. The summed E-state index contributed by atoms with van der Waals surface area (Å²) in [7, 11) is 1.51. The van der Waals surface area contributed by atoms with Crippen molar-refractivity contribution in [1.29, 1.82) is 0 Å². The highest BCUT2D eigenvalue weighted by Gasteiger charge is 2.10. The molecule has 0 fully saturated rings. The summed E-state index contributed by atoms with van der Waals surface area (Å²) in [6, 6.07) is 4.50. The lowest BCUT2D eigenvalue weighted by Crippen LogP contribution is -2.01. The Morgan fingerprint density at radius 3 is 2.80 bits per heavy atom. The summed E-state index contributed by atoms with van der Waals surface area (Å²) in [5, 5.41) is 13.1. The first-order chi connectivity index (χ1) is 9.63. The molecule has 1 heterocycles. The van der Waals surface area contributed by atoms with E-state index in [-0.39, 0.29) is 5.56 Å². The number of benzene rings is 1. The van der Waals surface area contributed by atoms with Crippen molar-refractivity contribution in [3.63, 3.8) is 0 Å². The number of carbonyl (C=O) groups is 1. The lowest BCUT2D eigenvalue weighted by atomic mass is 10.2. The first kappa shape index (κ1) is 13.9. The summed E-state index contributed by atoms with van der Waals surface area (Å²) < 4.78 is 12.6. The Kier molecular flexibility index (Phi) is 4.24. The summed E-state index contributed by atoms with van der Waals surface area (Å²) in [4.78, 5) is 11.0. The van der Waals surface area contributed by atoms with Crippen LogP contribution in [0.3, 0.4) is 0 Å². The van der Waals surface area contributed by atoms with Crippen molar-refractivity contribution in [2.24, 2.45) is 0 Å². The molecule has 0 saturated carbocycles. The van der Waals surface area contributed by atoms with E-state index in [0.29, 0.717) is 18.1 Å². The number of carboxylic acid groups (broad SMARTS) is 1. The van der Waals surface area contributed by atoms with Crippen molar-refractivity contribution in [2.45, 2.75) is 20.1 Å². The van der Waals surface area contributed by atoms with Gasteiger partial charge in [-0.1, -0.05) is 0 Å². The third kappa shape index (κ3) is 3.09. The highest BCUT2D eigenvalue weighted by molar-refractivity contribution is 5.88. The molecule has 0 bridgehead atoms. The first-order valence-electron chi connectivity index (χ1n) is 6.19. The molecule has 2 rings (SSSR count). The van der Waals surface area contributed by atoms with Gasteiger partial charge in [-0.3, -0.25) is 4.68 Å². The average molecular weight is 276 g/mol. The van der Waals surface area contributed by atoms with Crippen molar-refractivity contribution in [3.05, 3.63) is 41.7 Å². The molecule has 6 nitrogen and oxygen atoms in total. The standard InChI is InChI=1S/C14H16N2O4/c1-3-16-8-10(7-15-16)9-20-13-6-11(14(17)18)4-5-12(13)19-2/h4-8H,3,9H2,1-2H3,(H,17,18). The van der Waals surface area contributed by atoms with E-state index in [1.807, 2.05) is 13.1 Å². The molecule has 20 heavy (non-hydrogen) atoms. The first-order valence-corrected chi connectivity index (χ1v) is 6.19. The van der Waals surface area contributed by atoms with E-state index in [9.17, 15) is 4.79 Å². The third-order valence-electron chi connectivity index (χ3n) is 2.82. The van der Waals surface area contributed by atoms with E-state index in [1.54, 1.807) is 16.9 Å². The van der Waals surface area contributed by atoms with Gasteiger partial charge in [0.05, 0.1) is 18.9 Å². The van der Waals surface area contributed by atoms with Gasteiger partial charge in [0.25, 0.3) is 0 Å². The van der Waals surface area contributed by atoms with Crippen LogP contribution in [0.5, 0.6) is 11.5 Å². The molecule has 0 atom stereocenters. The van der Waals surface area contributed by atoms with Crippen LogP contribution < -0.4 is 9.47 Å². The van der Waals surface area contributed by atoms with E-state index in [1.165, 1.54) is 19.2 Å². The molecule has 0 spiro atoms. The zero-order valence-electron chi connectivity index (χ0n) is 11.4. The molecule has 0 saturated heterocycles. The maximum Gasteiger partial charge on any atom is 0.335 e. The van der Waals surface area contributed by atoms with Gasteiger partial charge >= 0.3 is 5.97 Å². The van der Waals surface area contributed by atoms with Crippen LogP contribution in [0.1, 0.15) is 22.8 Å². The molecule has 1 N–H and O–H groups in total. The van der Waals surface area contributed by atoms with E-state index in [2.05, 4.69) is 5.10 Å². The fraction of sp³-hybridized carbons (Fsp3) is 0.286. The Morgan fingerprint density at radius 1 is 1.40 bits per heavy atom. The molecule has 6 heteroatoms. The van der Waals surface area contributed by atoms with E-state index in [4.69, 9.17) is 14.6 Å². The van der Waals surface area contributed by atoms with Crippen molar-refractivity contribution >= 4 is 5.97 Å². The van der Waals surface area contributed by atoms with Crippen molar-refractivity contribution < 1.29 is 19.4 Å². The van der Waals surface area contributed by atoms with Crippen LogP contribution in [-0.4, -0.2) is 28.0 Å². The van der Waals surface area contributed by atoms with Gasteiger partial charge in [0.2, 0.25) is 0 Å². The van der Waals surface area contributed by atoms with Crippen molar-refractivity contribution in [2.75, 3.05) is 7.11 Å². The van der Waals surface area contributed by atoms with Crippen LogP contribution in [0.15, 0.2) is 30.6 Å². The van der Waals surface area contributed by atoms with Crippen LogP contribution in [0.25, 0.3) is 0 Å². The van der Waals surface area contributed by atoms with Crippen molar-refractivity contribution in [1.82, 2.24) is 9.78 Å². The number of nitrogens with zero attached hydrogens (tertiary/aromatic N) is 2. The van der Waals surface area contributed by atoms with Gasteiger partial charge in [-0.05, 0) is 25.1 Å². The number of aryl methyl sites for hydroxylation is 1. The van der Waals surface area contributed by atoms with Gasteiger partial charge in [-0.2, -0.15) is 5.10 Å². The van der Waals surface area contributed by atoms with Crippen molar-refractivity contribution in [3.8, 4) is 11.5 Å². The molecular formula is C14H16N2O4. The van der Waals surface area contributed by atoms with Crippen LogP contribution in [0.4, 0.5) is 0 Å². The van der Waals surface area contributed by atoms with E-state index in [0.717, 1.165) is 12.1 Å². The van der Waals surface area contributed by atoms with E-state index < -0.39 is 5.97 Å². The Labute approximate surface area is 116 Å². The lowest BCUT2D eigenvalue weighted by Gasteiger charge is -2.10. The summed E-state index contributed by atoms with van der Waals surface area (Å²) in [5.74, 6) is -0.106. The maximum absolute atomic E-state index is 11.0. The number of hydrogen-bond donors (Lipinski definition) is 1. The quantitative estimate of drug-likeness (QED) is 0.875. The SMILES string of the molecule is CCn1cc(COc2cc(C(=O)O)ccc2OC)cn1. The van der Waals surface area contributed by atoms with Crippen LogP contribution in [-0.2, 0) is 13.2 Å². The Hall–Kier alpha value is -2.50. The minimum absolute atomic E-state index is 0.157. The molecule has 1 aromatic heterocycles. The topological polar surface area (TPSA) is 73.6 Å². The minimum atomic E-state index is -1.00. The molecule has 0 amide bonds. The predicted molar refractivity (Wildman–Crippen MR) is 72.2 cm³/mol. The number of carboxylic acids is 1. The zero-order chi connectivity index (χ0) is 14.5.